The molecule has 0 saturated carbocycles. The van der Waals surface area contributed by atoms with Gasteiger partial charge in [0.2, 0.25) is 5.82 Å². The molecule has 0 aromatic heterocycles. The number of nitrogens with two attached hydrogens (primary N) is 1. The number of hydrogen-bond donors (Lipinski definition) is 2. The predicted octanol–water partition coefficient (Wildman–Crippen LogP) is 2.59. The number of halogens is 5. The maximum Gasteiger partial charge on any atom is 0.200 e. The summed E-state index contributed by atoms with van der Waals surface area (Å²) >= 11 is 0. The van der Waals surface area contributed by atoms with Gasteiger partial charge in [-0.25, -0.2) is 22.0 Å². The zero-order valence-corrected chi connectivity index (χ0v) is 11.3. The van der Waals surface area contributed by atoms with Crippen LogP contribution in [-0.4, -0.2) is 24.1 Å². The van der Waals surface area contributed by atoms with Crippen molar-refractivity contribution in [1.82, 2.24) is 0 Å². The summed E-state index contributed by atoms with van der Waals surface area (Å²) in [4.78, 5) is 0.930. The first-order chi connectivity index (χ1) is 9.76. The van der Waals surface area contributed by atoms with Gasteiger partial charge in [0.05, 0.1) is 0 Å². The molecule has 1 aromatic rings. The Morgan fingerprint density at radius 2 is 1.52 bits per heavy atom. The van der Waals surface area contributed by atoms with Gasteiger partial charge in [-0.2, -0.15) is 0 Å². The van der Waals surface area contributed by atoms with Gasteiger partial charge in [0.25, 0.3) is 0 Å². The Hall–Kier alpha value is -2.06. The van der Waals surface area contributed by atoms with Crippen LogP contribution < -0.4 is 10.6 Å². The smallest absolute Gasteiger partial charge is 0.200 e. The number of hydrogen-bond acceptors (Lipinski definition) is 3. The Morgan fingerprint density at radius 3 is 1.90 bits per heavy atom. The van der Waals surface area contributed by atoms with Gasteiger partial charge in [-0.05, 0) is 6.92 Å². The van der Waals surface area contributed by atoms with E-state index in [9.17, 15) is 22.0 Å². The van der Waals surface area contributed by atoms with E-state index in [1.54, 1.807) is 0 Å². The minimum Gasteiger partial charge on any atom is -0.409 e. The fraction of sp³-hybridized carbons (Fsp3) is 0.417. The van der Waals surface area contributed by atoms with Crippen molar-refractivity contribution in [2.24, 2.45) is 16.8 Å². The summed E-state index contributed by atoms with van der Waals surface area (Å²) in [5.74, 6) is -11.0. The van der Waals surface area contributed by atoms with Crippen LogP contribution in [0.25, 0.3) is 0 Å². The monoisotopic (exact) mass is 311 g/mol. The van der Waals surface area contributed by atoms with Crippen LogP contribution in [0.3, 0.4) is 0 Å². The third-order valence-electron chi connectivity index (χ3n) is 3.00. The molecule has 0 fully saturated rings. The van der Waals surface area contributed by atoms with Gasteiger partial charge in [0.1, 0.15) is 11.5 Å². The molecule has 0 amide bonds. The van der Waals surface area contributed by atoms with E-state index in [-0.39, 0.29) is 18.9 Å². The Labute approximate surface area is 117 Å². The average molecular weight is 311 g/mol. The maximum absolute atomic E-state index is 13.7. The highest BCUT2D eigenvalue weighted by Gasteiger charge is 2.29. The summed E-state index contributed by atoms with van der Waals surface area (Å²) < 4.78 is 66.8. The van der Waals surface area contributed by atoms with Gasteiger partial charge in [-0.15, -0.1) is 0 Å². The maximum atomic E-state index is 13.7. The molecular weight excluding hydrogens is 297 g/mol. The van der Waals surface area contributed by atoms with Gasteiger partial charge < -0.3 is 15.8 Å². The van der Waals surface area contributed by atoms with Crippen molar-refractivity contribution in [2.45, 2.75) is 13.8 Å². The summed E-state index contributed by atoms with van der Waals surface area (Å²) in [5.41, 5.74) is 4.30. The molecule has 1 atom stereocenters. The van der Waals surface area contributed by atoms with Crippen LogP contribution in [0, 0.1) is 35.0 Å². The Balaban J connectivity index is 3.30. The van der Waals surface area contributed by atoms with Crippen molar-refractivity contribution in [1.29, 1.82) is 0 Å². The quantitative estimate of drug-likeness (QED) is 0.167. The van der Waals surface area contributed by atoms with Crippen molar-refractivity contribution < 1.29 is 27.2 Å². The Bertz CT molecular complexity index is 535. The van der Waals surface area contributed by atoms with Crippen LogP contribution in [0.15, 0.2) is 5.16 Å². The molecule has 1 rings (SSSR count). The molecule has 21 heavy (non-hydrogen) atoms. The number of nitrogens with zero attached hydrogens (tertiary/aromatic N) is 2. The molecule has 9 heteroatoms. The number of anilines is 1. The molecule has 3 N–H and O–H groups in total. The predicted molar refractivity (Wildman–Crippen MR) is 66.7 cm³/mol. The fourth-order valence-corrected chi connectivity index (χ4v) is 1.77. The summed E-state index contributed by atoms with van der Waals surface area (Å²) in [7, 11) is 0. The molecule has 118 valence electrons. The lowest BCUT2D eigenvalue weighted by molar-refractivity contribution is 0.314. The SMILES string of the molecule is CCN(CC(C)C(N)=NO)c1c(F)c(F)c(F)c(F)c1F. The number of benzene rings is 1. The molecule has 0 aliphatic carbocycles. The van der Waals surface area contributed by atoms with Gasteiger partial charge >= 0.3 is 0 Å². The molecule has 0 radical (unpaired) electrons. The Morgan fingerprint density at radius 1 is 1.10 bits per heavy atom. The van der Waals surface area contributed by atoms with Crippen molar-refractivity contribution in [2.75, 3.05) is 18.0 Å². The summed E-state index contributed by atoms with van der Waals surface area (Å²) in [5, 5.41) is 11.3. The summed E-state index contributed by atoms with van der Waals surface area (Å²) in [6, 6.07) is 0. The molecule has 0 spiro atoms. The van der Waals surface area contributed by atoms with E-state index in [0.29, 0.717) is 0 Å². The first kappa shape index (κ1) is 17.0. The minimum atomic E-state index is -2.21. The number of rotatable bonds is 5. The van der Waals surface area contributed by atoms with E-state index >= 15 is 0 Å². The van der Waals surface area contributed by atoms with Gasteiger partial charge in [0, 0.05) is 19.0 Å². The summed E-state index contributed by atoms with van der Waals surface area (Å²) in [6.07, 6.45) is 0. The van der Waals surface area contributed by atoms with Gasteiger partial charge in [-0.1, -0.05) is 12.1 Å². The topological polar surface area (TPSA) is 61.8 Å². The van der Waals surface area contributed by atoms with Crippen LogP contribution in [0.2, 0.25) is 0 Å². The second-order valence-corrected chi connectivity index (χ2v) is 4.38. The third-order valence-corrected chi connectivity index (χ3v) is 3.00. The average Bonchev–Trinajstić information content (AvgIpc) is 2.48. The first-order valence-electron chi connectivity index (χ1n) is 5.99. The van der Waals surface area contributed by atoms with Crippen LogP contribution in [0.4, 0.5) is 27.6 Å². The van der Waals surface area contributed by atoms with Gasteiger partial charge in [-0.3, -0.25) is 0 Å². The normalized spacial score (nSPS) is 13.4. The standard InChI is InChI=1S/C12H14F5N3O/c1-3-20(4-5(2)12(18)19-21)11-9(16)7(14)6(13)8(15)10(11)17/h5,21H,3-4H2,1-2H3,(H2,18,19). The largest absolute Gasteiger partial charge is 0.409 e. The zero-order valence-electron chi connectivity index (χ0n) is 11.3. The van der Waals surface area contributed by atoms with Crippen molar-refractivity contribution in [3.8, 4) is 0 Å². The zero-order chi connectivity index (χ0) is 16.3. The highest BCUT2D eigenvalue weighted by Crippen LogP contribution is 2.30. The van der Waals surface area contributed by atoms with Crippen LogP contribution in [0.5, 0.6) is 0 Å². The van der Waals surface area contributed by atoms with Crippen LogP contribution in [-0.2, 0) is 0 Å². The molecule has 0 heterocycles. The molecule has 1 unspecified atom stereocenters. The van der Waals surface area contributed by atoms with E-state index in [4.69, 9.17) is 10.9 Å². The lowest BCUT2D eigenvalue weighted by Gasteiger charge is -2.27. The molecule has 0 saturated heterocycles. The fourth-order valence-electron chi connectivity index (χ4n) is 1.77. The number of oxime groups is 1. The van der Waals surface area contributed by atoms with Crippen LogP contribution >= 0.6 is 0 Å². The first-order valence-corrected chi connectivity index (χ1v) is 5.99. The molecule has 4 nitrogen and oxygen atoms in total. The van der Waals surface area contributed by atoms with Crippen molar-refractivity contribution in [3.05, 3.63) is 29.1 Å². The third kappa shape index (κ3) is 3.17. The number of amidine groups is 1. The van der Waals surface area contributed by atoms with E-state index in [2.05, 4.69) is 5.16 Å². The minimum absolute atomic E-state index is 0.0403. The van der Waals surface area contributed by atoms with E-state index in [1.807, 2.05) is 0 Å². The lowest BCUT2D eigenvalue weighted by atomic mass is 10.1. The lowest BCUT2D eigenvalue weighted by Crippen LogP contribution is -2.36. The summed E-state index contributed by atoms with van der Waals surface area (Å²) in [6.45, 7) is 2.72. The molecule has 0 aliphatic heterocycles. The highest BCUT2D eigenvalue weighted by molar-refractivity contribution is 5.82. The Kier molecular flexibility index (Phi) is 5.34. The van der Waals surface area contributed by atoms with E-state index in [0.717, 1.165) is 4.90 Å². The highest BCUT2D eigenvalue weighted by atomic mass is 19.2. The molecular formula is C12H14F5N3O. The molecule has 1 aromatic carbocycles. The molecule has 0 bridgehead atoms. The van der Waals surface area contributed by atoms with Crippen LogP contribution in [0.1, 0.15) is 13.8 Å². The van der Waals surface area contributed by atoms with Crippen molar-refractivity contribution >= 4 is 11.5 Å². The molecule has 0 aliphatic rings. The second kappa shape index (κ2) is 6.59. The van der Waals surface area contributed by atoms with Crippen molar-refractivity contribution in [3.63, 3.8) is 0 Å². The van der Waals surface area contributed by atoms with E-state index < -0.39 is 40.7 Å². The second-order valence-electron chi connectivity index (χ2n) is 4.38. The van der Waals surface area contributed by atoms with E-state index in [1.165, 1.54) is 13.8 Å². The van der Waals surface area contributed by atoms with Gasteiger partial charge in [0.15, 0.2) is 23.3 Å².